The lowest BCUT2D eigenvalue weighted by atomic mass is 10.0. The Morgan fingerprint density at radius 3 is 2.47 bits per heavy atom. The summed E-state index contributed by atoms with van der Waals surface area (Å²) in [7, 11) is 0. The molecule has 5 aromatic rings. The van der Waals surface area contributed by atoms with Crippen molar-refractivity contribution in [1.29, 1.82) is 0 Å². The number of benzene rings is 2. The molecule has 1 amide bonds. The van der Waals surface area contributed by atoms with Crippen LogP contribution in [0.1, 0.15) is 33.1 Å². The Balaban J connectivity index is 1.44. The number of carbonyl (C=O) groups is 1. The number of hydrogen-bond acceptors (Lipinski definition) is 5. The summed E-state index contributed by atoms with van der Waals surface area (Å²) in [6.07, 6.45) is -1.29. The molecule has 3 heterocycles. The number of amides is 1. The number of nitrogen functional groups attached to an aromatic ring is 1. The topological polar surface area (TPSA) is 103 Å². The maximum Gasteiger partial charge on any atom is 0.413 e. The molecule has 0 aliphatic carbocycles. The third-order valence-corrected chi connectivity index (χ3v) is 6.19. The number of carbonyl (C=O) groups excluding carboxylic acids is 1. The number of nitrogens with one attached hydrogen (secondary N) is 1. The van der Waals surface area contributed by atoms with E-state index in [1.807, 2.05) is 19.1 Å². The lowest BCUT2D eigenvalue weighted by Gasteiger charge is -2.21. The van der Waals surface area contributed by atoms with Gasteiger partial charge >= 0.3 is 6.18 Å². The van der Waals surface area contributed by atoms with Gasteiger partial charge in [-0.15, -0.1) is 0 Å². The number of halogens is 4. The number of alkyl halides is 3. The molecule has 0 fully saturated rings. The van der Waals surface area contributed by atoms with Gasteiger partial charge in [0.1, 0.15) is 17.7 Å². The van der Waals surface area contributed by atoms with E-state index in [4.69, 9.17) is 5.73 Å². The molecule has 3 aromatic heterocycles. The molecule has 0 spiro atoms. The van der Waals surface area contributed by atoms with Gasteiger partial charge in [-0.05, 0) is 54.8 Å². The van der Waals surface area contributed by atoms with E-state index in [-0.39, 0.29) is 11.4 Å². The van der Waals surface area contributed by atoms with E-state index in [0.717, 1.165) is 46.9 Å². The van der Waals surface area contributed by atoms with Gasteiger partial charge in [0, 0.05) is 17.3 Å². The molecule has 38 heavy (non-hydrogen) atoms. The molecule has 2 aromatic carbocycles. The van der Waals surface area contributed by atoms with Crippen LogP contribution in [0.5, 0.6) is 0 Å². The molecular weight excluding hydrogens is 502 g/mol. The van der Waals surface area contributed by atoms with E-state index >= 15 is 0 Å². The fourth-order valence-corrected chi connectivity index (χ4v) is 4.39. The van der Waals surface area contributed by atoms with Gasteiger partial charge in [-0.2, -0.15) is 18.3 Å². The second-order valence-electron chi connectivity index (χ2n) is 8.80. The van der Waals surface area contributed by atoms with Crippen LogP contribution in [0.3, 0.4) is 0 Å². The van der Waals surface area contributed by atoms with E-state index in [9.17, 15) is 22.4 Å². The third kappa shape index (κ3) is 4.56. The van der Waals surface area contributed by atoms with Crippen molar-refractivity contribution in [2.24, 2.45) is 0 Å². The number of anilines is 2. The molecule has 0 radical (unpaired) electrons. The Labute approximate surface area is 213 Å². The summed E-state index contributed by atoms with van der Waals surface area (Å²) in [5.41, 5.74) is 9.67. The minimum atomic E-state index is -4.68. The molecule has 0 saturated heterocycles. The van der Waals surface area contributed by atoms with Crippen molar-refractivity contribution in [2.45, 2.75) is 26.1 Å². The average molecular weight is 523 g/mol. The first kappa shape index (κ1) is 24.9. The van der Waals surface area contributed by atoms with Crippen LogP contribution in [-0.2, 0) is 0 Å². The SMILES string of the molecule is Cc1ccc(-c2cc(C)c3c(N)ncnn23)cc1C(=O)Nc1cn(C(c2ccc(F)cc2)C(F)(F)F)cn1. The van der Waals surface area contributed by atoms with E-state index in [2.05, 4.69) is 20.4 Å². The summed E-state index contributed by atoms with van der Waals surface area (Å²) >= 11 is 0. The number of nitrogens with two attached hydrogens (primary N) is 1. The van der Waals surface area contributed by atoms with Crippen LogP contribution < -0.4 is 11.1 Å². The summed E-state index contributed by atoms with van der Waals surface area (Å²) in [5.74, 6) is -0.945. The minimum absolute atomic E-state index is 0.0688. The first-order valence-corrected chi connectivity index (χ1v) is 11.4. The molecule has 3 N–H and O–H groups in total. The van der Waals surface area contributed by atoms with Crippen molar-refractivity contribution in [1.82, 2.24) is 24.1 Å². The first-order valence-electron chi connectivity index (χ1n) is 11.4. The molecule has 5 rings (SSSR count). The highest BCUT2D eigenvalue weighted by molar-refractivity contribution is 6.05. The van der Waals surface area contributed by atoms with Gasteiger partial charge < -0.3 is 15.6 Å². The van der Waals surface area contributed by atoms with Gasteiger partial charge in [-0.25, -0.2) is 18.9 Å². The Kier molecular flexibility index (Phi) is 6.09. The van der Waals surface area contributed by atoms with Crippen molar-refractivity contribution in [3.8, 4) is 11.3 Å². The van der Waals surface area contributed by atoms with Crippen LogP contribution >= 0.6 is 0 Å². The smallest absolute Gasteiger partial charge is 0.382 e. The molecule has 12 heteroatoms. The van der Waals surface area contributed by atoms with Gasteiger partial charge in [-0.1, -0.05) is 24.3 Å². The summed E-state index contributed by atoms with van der Waals surface area (Å²) in [5, 5.41) is 6.84. The standard InChI is InChI=1S/C26H21F4N7O/c1-14-3-4-17(20-9-15(2)22-24(31)32-12-34-37(20)22)10-19(14)25(38)35-21-11-36(13-33-21)23(26(28,29)30)16-5-7-18(27)8-6-16/h3-13,23H,1-2H3,(H,35,38)(H2,31,32,34). The van der Waals surface area contributed by atoms with Gasteiger partial charge in [0.15, 0.2) is 17.7 Å². The monoisotopic (exact) mass is 523 g/mol. The van der Waals surface area contributed by atoms with E-state index < -0.39 is 23.9 Å². The molecule has 0 aliphatic heterocycles. The van der Waals surface area contributed by atoms with Crippen molar-refractivity contribution >= 4 is 23.1 Å². The maximum atomic E-state index is 13.9. The molecule has 0 aliphatic rings. The van der Waals surface area contributed by atoms with Crippen molar-refractivity contribution in [3.63, 3.8) is 0 Å². The van der Waals surface area contributed by atoms with Gasteiger partial charge in [0.2, 0.25) is 0 Å². The average Bonchev–Trinajstić information content (AvgIpc) is 3.44. The number of aryl methyl sites for hydroxylation is 2. The number of nitrogens with zero attached hydrogens (tertiary/aromatic N) is 5. The summed E-state index contributed by atoms with van der Waals surface area (Å²) in [4.78, 5) is 21.1. The summed E-state index contributed by atoms with van der Waals surface area (Å²) in [6.45, 7) is 3.62. The largest absolute Gasteiger partial charge is 0.413 e. The van der Waals surface area contributed by atoms with Crippen LogP contribution in [0.2, 0.25) is 0 Å². The molecule has 1 atom stereocenters. The van der Waals surface area contributed by atoms with Gasteiger partial charge in [0.25, 0.3) is 5.91 Å². The summed E-state index contributed by atoms with van der Waals surface area (Å²) in [6, 6.07) is 9.07. The Morgan fingerprint density at radius 2 is 1.76 bits per heavy atom. The first-order chi connectivity index (χ1) is 18.0. The lowest BCUT2D eigenvalue weighted by Crippen LogP contribution is -2.26. The summed E-state index contributed by atoms with van der Waals surface area (Å²) < 4.78 is 57.4. The fraction of sp³-hybridized carbons (Fsp3) is 0.154. The number of fused-ring (bicyclic) bond motifs is 1. The molecule has 0 bridgehead atoms. The van der Waals surface area contributed by atoms with Gasteiger partial charge in [-0.3, -0.25) is 4.79 Å². The van der Waals surface area contributed by atoms with Crippen LogP contribution in [0.25, 0.3) is 16.8 Å². The third-order valence-electron chi connectivity index (χ3n) is 6.19. The van der Waals surface area contributed by atoms with E-state index in [1.54, 1.807) is 23.6 Å². The highest BCUT2D eigenvalue weighted by Crippen LogP contribution is 2.36. The normalized spacial score (nSPS) is 12.6. The second kappa shape index (κ2) is 9.29. The highest BCUT2D eigenvalue weighted by Gasteiger charge is 2.42. The van der Waals surface area contributed by atoms with Crippen molar-refractivity contribution < 1.29 is 22.4 Å². The van der Waals surface area contributed by atoms with Crippen molar-refractivity contribution in [3.05, 3.63) is 95.5 Å². The zero-order valence-electron chi connectivity index (χ0n) is 20.2. The number of aromatic nitrogens is 5. The minimum Gasteiger partial charge on any atom is -0.382 e. The molecule has 194 valence electrons. The van der Waals surface area contributed by atoms with E-state index in [1.165, 1.54) is 6.33 Å². The second-order valence-corrected chi connectivity index (χ2v) is 8.80. The molecule has 0 saturated carbocycles. The maximum absolute atomic E-state index is 13.9. The van der Waals surface area contributed by atoms with Crippen LogP contribution in [0.15, 0.2) is 67.4 Å². The Morgan fingerprint density at radius 1 is 1.03 bits per heavy atom. The van der Waals surface area contributed by atoms with Crippen molar-refractivity contribution in [2.75, 3.05) is 11.1 Å². The Bertz CT molecular complexity index is 1650. The number of rotatable bonds is 5. The quantitative estimate of drug-likeness (QED) is 0.303. The predicted octanol–water partition coefficient (Wildman–Crippen LogP) is 5.33. The van der Waals surface area contributed by atoms with Gasteiger partial charge in [0.05, 0.1) is 12.0 Å². The van der Waals surface area contributed by atoms with E-state index in [0.29, 0.717) is 33.7 Å². The molecule has 1 unspecified atom stereocenters. The Hall–Kier alpha value is -4.74. The number of hydrogen-bond donors (Lipinski definition) is 2. The van der Waals surface area contributed by atoms with Crippen LogP contribution in [0.4, 0.5) is 29.2 Å². The van der Waals surface area contributed by atoms with Crippen LogP contribution in [-0.4, -0.2) is 36.2 Å². The lowest BCUT2D eigenvalue weighted by molar-refractivity contribution is -0.156. The fourth-order valence-electron chi connectivity index (χ4n) is 4.39. The number of imidazole rings is 1. The zero-order chi connectivity index (χ0) is 27.2. The zero-order valence-corrected chi connectivity index (χ0v) is 20.2. The molecule has 8 nitrogen and oxygen atoms in total. The highest BCUT2D eigenvalue weighted by atomic mass is 19.4. The molecular formula is C26H21F4N7O. The van der Waals surface area contributed by atoms with Crippen LogP contribution in [0, 0.1) is 19.7 Å². The predicted molar refractivity (Wildman–Crippen MR) is 133 cm³/mol.